The van der Waals surface area contributed by atoms with E-state index >= 15 is 0 Å². The average Bonchev–Trinajstić information content (AvgIpc) is 2.15. The lowest BCUT2D eigenvalue weighted by molar-refractivity contribution is 0.145. The van der Waals surface area contributed by atoms with Crippen molar-refractivity contribution in [2.24, 2.45) is 0 Å². The van der Waals surface area contributed by atoms with Crippen LogP contribution in [-0.2, 0) is 9.05 Å². The number of aromatic nitrogens is 1. The van der Waals surface area contributed by atoms with Gasteiger partial charge in [-0.05, 0) is 6.07 Å². The molecule has 9 heteroatoms. The normalized spacial score (nSPS) is 11.4. The summed E-state index contributed by atoms with van der Waals surface area (Å²) in [6, 6.07) is 1.95. The molecule has 0 aromatic carbocycles. The van der Waals surface area contributed by atoms with Crippen LogP contribution >= 0.6 is 10.7 Å². The lowest BCUT2D eigenvalue weighted by Crippen LogP contribution is -2.02. The van der Waals surface area contributed by atoms with Crippen molar-refractivity contribution in [2.45, 2.75) is 11.5 Å². The Bertz CT molecular complexity index is 568. The summed E-state index contributed by atoms with van der Waals surface area (Å²) in [5, 5.41) is 16.6. The summed E-state index contributed by atoms with van der Waals surface area (Å²) in [5.41, 5.74) is -1.59. The minimum Gasteiger partial charge on any atom is -0.504 e. The lowest BCUT2D eigenvalue weighted by Gasteiger charge is -2.05. The van der Waals surface area contributed by atoms with Crippen LogP contribution in [0.2, 0.25) is 0 Å². The predicted octanol–water partition coefficient (Wildman–Crippen LogP) is 1.52. The summed E-state index contributed by atoms with van der Waals surface area (Å²) >= 11 is 0. The van der Waals surface area contributed by atoms with Crippen molar-refractivity contribution in [3.8, 4) is 11.8 Å². The van der Waals surface area contributed by atoms with Gasteiger partial charge < -0.3 is 5.11 Å². The third kappa shape index (κ3) is 2.37. The Labute approximate surface area is 93.3 Å². The van der Waals surface area contributed by atoms with Crippen molar-refractivity contribution in [1.29, 1.82) is 5.26 Å². The second kappa shape index (κ2) is 4.19. The molecule has 0 bridgehead atoms. The van der Waals surface area contributed by atoms with Gasteiger partial charge in [-0.2, -0.15) is 5.26 Å². The van der Waals surface area contributed by atoms with Crippen molar-refractivity contribution in [3.63, 3.8) is 0 Å². The van der Waals surface area contributed by atoms with Crippen molar-refractivity contribution >= 4 is 19.7 Å². The van der Waals surface area contributed by atoms with Gasteiger partial charge in [0.05, 0.1) is 5.56 Å². The van der Waals surface area contributed by atoms with Gasteiger partial charge in [-0.1, -0.05) is 0 Å². The van der Waals surface area contributed by atoms with Crippen molar-refractivity contribution in [1.82, 2.24) is 4.98 Å². The largest absolute Gasteiger partial charge is 0.504 e. The number of rotatable bonds is 2. The molecule has 0 saturated carbocycles. The third-order valence-corrected chi connectivity index (χ3v) is 2.74. The Morgan fingerprint density at radius 1 is 1.56 bits per heavy atom. The van der Waals surface area contributed by atoms with E-state index in [1.54, 1.807) is 0 Å². The Morgan fingerprint density at radius 3 is 2.50 bits per heavy atom. The van der Waals surface area contributed by atoms with Gasteiger partial charge >= 0.3 is 0 Å². The summed E-state index contributed by atoms with van der Waals surface area (Å²) in [6.07, 6.45) is -3.08. The summed E-state index contributed by atoms with van der Waals surface area (Å²) < 4.78 is 46.4. The van der Waals surface area contributed by atoms with Crippen LogP contribution in [0.15, 0.2) is 11.1 Å². The van der Waals surface area contributed by atoms with E-state index in [0.29, 0.717) is 6.07 Å². The number of hydrogen-bond donors (Lipinski definition) is 1. The molecular formula is C7H3ClF2N2O3S. The van der Waals surface area contributed by atoms with E-state index in [1.807, 2.05) is 0 Å². The zero-order valence-electron chi connectivity index (χ0n) is 7.35. The third-order valence-electron chi connectivity index (χ3n) is 1.56. The topological polar surface area (TPSA) is 91.0 Å². The molecule has 1 heterocycles. The first-order chi connectivity index (χ1) is 7.27. The molecule has 1 aromatic heterocycles. The molecule has 5 nitrogen and oxygen atoms in total. The molecule has 1 aromatic rings. The lowest BCUT2D eigenvalue weighted by atomic mass is 10.2. The number of nitrogens with zero attached hydrogens (tertiary/aromatic N) is 2. The van der Waals surface area contributed by atoms with Crippen LogP contribution in [0, 0.1) is 11.3 Å². The molecule has 16 heavy (non-hydrogen) atoms. The van der Waals surface area contributed by atoms with Gasteiger partial charge in [-0.3, -0.25) is 0 Å². The maximum Gasteiger partial charge on any atom is 0.282 e. The minimum absolute atomic E-state index is 0.589. The molecular weight excluding hydrogens is 266 g/mol. The van der Waals surface area contributed by atoms with E-state index in [0.717, 1.165) is 0 Å². The number of pyridine rings is 1. The zero-order chi connectivity index (χ0) is 12.5. The molecule has 1 N–H and O–H groups in total. The van der Waals surface area contributed by atoms with Gasteiger partial charge in [-0.15, -0.1) is 0 Å². The number of halogens is 3. The molecule has 0 saturated heterocycles. The maximum atomic E-state index is 12.3. The van der Waals surface area contributed by atoms with Gasteiger partial charge in [0, 0.05) is 10.7 Å². The first-order valence-electron chi connectivity index (χ1n) is 3.64. The number of alkyl halides is 2. The maximum absolute atomic E-state index is 12.3. The molecule has 86 valence electrons. The van der Waals surface area contributed by atoms with Gasteiger partial charge in [0.2, 0.25) is 5.03 Å². The minimum atomic E-state index is -4.50. The monoisotopic (exact) mass is 268 g/mol. The molecule has 0 aliphatic rings. The SMILES string of the molecule is N#Cc1cc(C(F)F)nc(S(=O)(=O)Cl)c1O. The Hall–Kier alpha value is -1.46. The van der Waals surface area contributed by atoms with E-state index < -0.39 is 37.5 Å². The van der Waals surface area contributed by atoms with Crippen LogP contribution < -0.4 is 0 Å². The number of hydrogen-bond acceptors (Lipinski definition) is 5. The molecule has 1 rings (SSSR count). The van der Waals surface area contributed by atoms with Crippen molar-refractivity contribution < 1.29 is 22.3 Å². The van der Waals surface area contributed by atoms with E-state index in [-0.39, 0.29) is 0 Å². The highest BCUT2D eigenvalue weighted by Crippen LogP contribution is 2.30. The number of aromatic hydroxyl groups is 1. The van der Waals surface area contributed by atoms with E-state index in [4.69, 9.17) is 15.9 Å². The molecule has 0 amide bonds. The molecule has 0 spiro atoms. The second-order valence-corrected chi connectivity index (χ2v) is 5.08. The highest BCUT2D eigenvalue weighted by atomic mass is 35.7. The summed E-state index contributed by atoms with van der Waals surface area (Å²) in [7, 11) is 0.369. The molecule has 0 aliphatic carbocycles. The fourth-order valence-corrected chi connectivity index (χ4v) is 1.78. The van der Waals surface area contributed by atoms with Crippen molar-refractivity contribution in [2.75, 3.05) is 0 Å². The van der Waals surface area contributed by atoms with E-state index in [9.17, 15) is 22.3 Å². The number of nitriles is 1. The van der Waals surface area contributed by atoms with Crippen LogP contribution in [0.3, 0.4) is 0 Å². The smallest absolute Gasteiger partial charge is 0.282 e. The first kappa shape index (κ1) is 12.6. The van der Waals surface area contributed by atoms with Crippen LogP contribution in [0.5, 0.6) is 5.75 Å². The standard InChI is InChI=1S/C7H3ClF2N2O3S/c8-16(14,15)7-5(13)3(2-11)1-4(12-7)6(9)10/h1,6,13H. The second-order valence-electron chi connectivity index (χ2n) is 2.60. The van der Waals surface area contributed by atoms with E-state index in [1.165, 1.54) is 6.07 Å². The highest BCUT2D eigenvalue weighted by molar-refractivity contribution is 8.13. The highest BCUT2D eigenvalue weighted by Gasteiger charge is 2.24. The van der Waals surface area contributed by atoms with E-state index in [2.05, 4.69) is 4.98 Å². The Balaban J connectivity index is 3.63. The van der Waals surface area contributed by atoms with Crippen LogP contribution in [-0.4, -0.2) is 18.5 Å². The van der Waals surface area contributed by atoms with Crippen molar-refractivity contribution in [3.05, 3.63) is 17.3 Å². The average molecular weight is 269 g/mol. The van der Waals surface area contributed by atoms with Crippen LogP contribution in [0.4, 0.5) is 8.78 Å². The molecule has 0 radical (unpaired) electrons. The Morgan fingerprint density at radius 2 is 2.12 bits per heavy atom. The predicted molar refractivity (Wildman–Crippen MR) is 48.6 cm³/mol. The van der Waals surface area contributed by atoms with Crippen LogP contribution in [0.1, 0.15) is 17.7 Å². The molecule has 0 atom stereocenters. The van der Waals surface area contributed by atoms with Crippen LogP contribution in [0.25, 0.3) is 0 Å². The fourth-order valence-electron chi connectivity index (χ4n) is 0.901. The first-order valence-corrected chi connectivity index (χ1v) is 5.95. The van der Waals surface area contributed by atoms with Gasteiger partial charge in [0.1, 0.15) is 11.8 Å². The van der Waals surface area contributed by atoms with Gasteiger partial charge in [0.15, 0.2) is 5.75 Å². The molecule has 0 aliphatic heterocycles. The summed E-state index contributed by atoms with van der Waals surface area (Å²) in [5.74, 6) is -1.04. The fraction of sp³-hybridized carbons (Fsp3) is 0.143. The zero-order valence-corrected chi connectivity index (χ0v) is 8.93. The quantitative estimate of drug-likeness (QED) is 0.821. The molecule has 0 unspecified atom stereocenters. The summed E-state index contributed by atoms with van der Waals surface area (Å²) in [4.78, 5) is 2.98. The molecule has 0 fully saturated rings. The summed E-state index contributed by atoms with van der Waals surface area (Å²) in [6.45, 7) is 0. The van der Waals surface area contributed by atoms with Gasteiger partial charge in [-0.25, -0.2) is 22.2 Å². The van der Waals surface area contributed by atoms with Gasteiger partial charge in [0.25, 0.3) is 15.5 Å². The Kier molecular flexibility index (Phi) is 3.30.